The summed E-state index contributed by atoms with van der Waals surface area (Å²) in [4.78, 5) is 29.2. The fourth-order valence-electron chi connectivity index (χ4n) is 5.33. The molecule has 1 fully saturated rings. The first kappa shape index (κ1) is 32.1. The highest BCUT2D eigenvalue weighted by atomic mass is 32.2. The minimum atomic E-state index is -4.11. The zero-order valence-electron chi connectivity index (χ0n) is 25.8. The molecular weight excluding hydrogens is 562 g/mol. The van der Waals surface area contributed by atoms with Gasteiger partial charge in [0.25, 0.3) is 10.0 Å². The number of anilines is 1. The maximum absolute atomic E-state index is 14.2. The number of nitrogens with one attached hydrogen (secondary N) is 1. The number of hydrogen-bond acceptors (Lipinski definition) is 5. The number of amides is 2. The lowest BCUT2D eigenvalue weighted by Crippen LogP contribution is -2.53. The van der Waals surface area contributed by atoms with Crippen molar-refractivity contribution in [2.24, 2.45) is 0 Å². The Hall–Kier alpha value is -3.85. The van der Waals surface area contributed by atoms with Gasteiger partial charge in [-0.3, -0.25) is 13.9 Å². The molecule has 1 saturated carbocycles. The molecular formula is C34H43N3O5S. The minimum absolute atomic E-state index is 0.0792. The first-order valence-corrected chi connectivity index (χ1v) is 16.3. The van der Waals surface area contributed by atoms with Gasteiger partial charge in [0.2, 0.25) is 11.8 Å². The fourth-order valence-corrected chi connectivity index (χ4v) is 6.73. The van der Waals surface area contributed by atoms with Gasteiger partial charge < -0.3 is 15.0 Å². The van der Waals surface area contributed by atoms with Crippen molar-refractivity contribution in [3.63, 3.8) is 0 Å². The highest BCUT2D eigenvalue weighted by Crippen LogP contribution is 2.27. The van der Waals surface area contributed by atoms with Crippen LogP contribution in [0.4, 0.5) is 5.69 Å². The molecule has 0 spiro atoms. The van der Waals surface area contributed by atoms with Gasteiger partial charge in [0.1, 0.15) is 18.3 Å². The van der Waals surface area contributed by atoms with E-state index in [1.54, 1.807) is 62.6 Å². The predicted octanol–water partition coefficient (Wildman–Crippen LogP) is 5.68. The second kappa shape index (κ2) is 14.1. The third kappa shape index (κ3) is 7.96. The third-order valence-electron chi connectivity index (χ3n) is 8.30. The van der Waals surface area contributed by atoms with Crippen LogP contribution in [0.25, 0.3) is 0 Å². The van der Waals surface area contributed by atoms with Crippen LogP contribution in [0.1, 0.15) is 61.3 Å². The van der Waals surface area contributed by atoms with Gasteiger partial charge in [0.05, 0.1) is 17.7 Å². The lowest BCUT2D eigenvalue weighted by Gasteiger charge is -2.33. The second-order valence-corrected chi connectivity index (χ2v) is 13.3. The van der Waals surface area contributed by atoms with Crippen molar-refractivity contribution in [1.29, 1.82) is 0 Å². The molecule has 1 N–H and O–H groups in total. The summed E-state index contributed by atoms with van der Waals surface area (Å²) in [7, 11) is -2.53. The number of methoxy groups -OCH3 is 1. The molecule has 43 heavy (non-hydrogen) atoms. The summed E-state index contributed by atoms with van der Waals surface area (Å²) < 4.78 is 34.5. The Morgan fingerprint density at radius 2 is 1.56 bits per heavy atom. The van der Waals surface area contributed by atoms with Crippen LogP contribution >= 0.6 is 0 Å². The molecule has 3 aromatic rings. The molecule has 8 nitrogen and oxygen atoms in total. The molecule has 0 heterocycles. The van der Waals surface area contributed by atoms with Crippen molar-refractivity contribution >= 4 is 27.5 Å². The number of sulfonamides is 1. The van der Waals surface area contributed by atoms with Crippen molar-refractivity contribution in [2.75, 3.05) is 18.0 Å². The first-order valence-electron chi connectivity index (χ1n) is 14.9. The second-order valence-electron chi connectivity index (χ2n) is 11.5. The fraction of sp³-hybridized carbons (Fsp3) is 0.412. The Labute approximate surface area is 256 Å². The number of hydrogen-bond donors (Lipinski definition) is 1. The molecule has 3 aromatic carbocycles. The van der Waals surface area contributed by atoms with Crippen LogP contribution in [0.2, 0.25) is 0 Å². The third-order valence-corrected chi connectivity index (χ3v) is 10.1. The SMILES string of the molecule is COc1ccc(CN(C(=O)CN(c2ccc(C)c(C)c2)S(=O)(=O)c2ccc(C)cc2)C(C)C(=O)NC2CCCCC2)cc1. The lowest BCUT2D eigenvalue weighted by atomic mass is 9.95. The van der Waals surface area contributed by atoms with Crippen LogP contribution in [-0.4, -0.2) is 50.9 Å². The normalized spacial score (nSPS) is 14.5. The molecule has 0 aromatic heterocycles. The van der Waals surface area contributed by atoms with Crippen LogP contribution in [-0.2, 0) is 26.2 Å². The van der Waals surface area contributed by atoms with Gasteiger partial charge in [-0.1, -0.05) is 55.2 Å². The molecule has 0 aliphatic heterocycles. The van der Waals surface area contributed by atoms with Gasteiger partial charge in [0.15, 0.2) is 0 Å². The van der Waals surface area contributed by atoms with Gasteiger partial charge >= 0.3 is 0 Å². The van der Waals surface area contributed by atoms with E-state index in [-0.39, 0.29) is 23.4 Å². The smallest absolute Gasteiger partial charge is 0.264 e. The topological polar surface area (TPSA) is 96.0 Å². The quantitative estimate of drug-likeness (QED) is 0.303. The summed E-state index contributed by atoms with van der Waals surface area (Å²) in [6.45, 7) is 7.12. The van der Waals surface area contributed by atoms with Crippen LogP contribution in [0.5, 0.6) is 5.75 Å². The number of benzene rings is 3. The van der Waals surface area contributed by atoms with Crippen molar-refractivity contribution in [2.45, 2.75) is 83.3 Å². The van der Waals surface area contributed by atoms with Crippen LogP contribution < -0.4 is 14.4 Å². The number of ether oxygens (including phenoxy) is 1. The lowest BCUT2D eigenvalue weighted by molar-refractivity contribution is -0.139. The van der Waals surface area contributed by atoms with Gasteiger partial charge in [-0.15, -0.1) is 0 Å². The number of carbonyl (C=O) groups excluding carboxylic acids is 2. The number of aryl methyl sites for hydroxylation is 3. The summed E-state index contributed by atoms with van der Waals surface area (Å²) in [5.41, 5.74) is 4.03. The maximum Gasteiger partial charge on any atom is 0.264 e. The Morgan fingerprint density at radius 3 is 2.16 bits per heavy atom. The molecule has 1 unspecified atom stereocenters. The zero-order chi connectivity index (χ0) is 31.1. The van der Waals surface area contributed by atoms with Gasteiger partial charge in [-0.05, 0) is 93.6 Å². The van der Waals surface area contributed by atoms with Crippen molar-refractivity contribution in [3.8, 4) is 5.75 Å². The first-order chi connectivity index (χ1) is 20.5. The van der Waals surface area contributed by atoms with E-state index in [9.17, 15) is 18.0 Å². The summed E-state index contributed by atoms with van der Waals surface area (Å²) >= 11 is 0. The Balaban J connectivity index is 1.69. The molecule has 0 radical (unpaired) electrons. The van der Waals surface area contributed by atoms with E-state index in [0.717, 1.165) is 58.7 Å². The van der Waals surface area contributed by atoms with Gasteiger partial charge in [-0.2, -0.15) is 0 Å². The van der Waals surface area contributed by atoms with Crippen molar-refractivity contribution < 1.29 is 22.7 Å². The molecule has 1 aliphatic carbocycles. The molecule has 1 atom stereocenters. The largest absolute Gasteiger partial charge is 0.497 e. The Bertz CT molecular complexity index is 1510. The number of nitrogens with zero attached hydrogens (tertiary/aromatic N) is 2. The zero-order valence-corrected chi connectivity index (χ0v) is 26.6. The van der Waals surface area contributed by atoms with E-state index >= 15 is 0 Å². The standard InChI is InChI=1S/C34H43N3O5S/c1-24-11-19-32(20-12-24)43(40,41)37(30-16-13-25(2)26(3)21-30)23-33(38)36(22-28-14-17-31(42-5)18-15-28)27(4)34(39)35-29-9-7-6-8-10-29/h11-21,27,29H,6-10,22-23H2,1-5H3,(H,35,39). The van der Waals surface area contributed by atoms with E-state index in [1.165, 1.54) is 4.90 Å². The highest BCUT2D eigenvalue weighted by Gasteiger charge is 2.33. The van der Waals surface area contributed by atoms with E-state index in [2.05, 4.69) is 5.32 Å². The Morgan fingerprint density at radius 1 is 0.907 bits per heavy atom. The van der Waals surface area contributed by atoms with E-state index in [4.69, 9.17) is 4.74 Å². The number of carbonyl (C=O) groups is 2. The van der Waals surface area contributed by atoms with E-state index in [0.29, 0.717) is 11.4 Å². The summed E-state index contributed by atoms with van der Waals surface area (Å²) in [6.07, 6.45) is 5.12. The summed E-state index contributed by atoms with van der Waals surface area (Å²) in [5.74, 6) is -0.0428. The van der Waals surface area contributed by atoms with Crippen molar-refractivity contribution in [1.82, 2.24) is 10.2 Å². The van der Waals surface area contributed by atoms with Crippen LogP contribution in [0.15, 0.2) is 71.6 Å². The van der Waals surface area contributed by atoms with Crippen LogP contribution in [0.3, 0.4) is 0 Å². The van der Waals surface area contributed by atoms with Crippen LogP contribution in [0, 0.1) is 20.8 Å². The van der Waals surface area contributed by atoms with E-state index in [1.807, 2.05) is 39.0 Å². The van der Waals surface area contributed by atoms with Crippen molar-refractivity contribution in [3.05, 3.63) is 89.0 Å². The van der Waals surface area contributed by atoms with Gasteiger partial charge in [0, 0.05) is 12.6 Å². The molecule has 230 valence electrons. The monoisotopic (exact) mass is 605 g/mol. The van der Waals surface area contributed by atoms with E-state index < -0.39 is 28.5 Å². The average molecular weight is 606 g/mol. The molecule has 2 amide bonds. The maximum atomic E-state index is 14.2. The Kier molecular flexibility index (Phi) is 10.5. The molecule has 0 saturated heterocycles. The average Bonchev–Trinajstić information content (AvgIpc) is 3.00. The number of rotatable bonds is 11. The summed E-state index contributed by atoms with van der Waals surface area (Å²) in [6, 6.07) is 18.5. The molecule has 0 bridgehead atoms. The summed E-state index contributed by atoms with van der Waals surface area (Å²) in [5, 5.41) is 3.13. The van der Waals surface area contributed by atoms with Gasteiger partial charge in [-0.25, -0.2) is 8.42 Å². The predicted molar refractivity (Wildman–Crippen MR) is 170 cm³/mol. The molecule has 1 aliphatic rings. The molecule has 9 heteroatoms. The molecule has 4 rings (SSSR count). The minimum Gasteiger partial charge on any atom is -0.497 e. The highest BCUT2D eigenvalue weighted by molar-refractivity contribution is 7.92.